The fourth-order valence-corrected chi connectivity index (χ4v) is 12.5. The van der Waals surface area contributed by atoms with Gasteiger partial charge in [-0.05, 0) is 133 Å². The van der Waals surface area contributed by atoms with Gasteiger partial charge >= 0.3 is 0 Å². The molecule has 9 rings (SSSR count). The summed E-state index contributed by atoms with van der Waals surface area (Å²) in [6.45, 7) is 8.51. The number of imidazole rings is 1. The smallest absolute Gasteiger partial charge is 0.262 e. The Morgan fingerprint density at radius 2 is 1.50 bits per heavy atom. The first-order valence-corrected chi connectivity index (χ1v) is 23.8. The van der Waals surface area contributed by atoms with Gasteiger partial charge in [-0.3, -0.25) is 29.4 Å². The number of anilines is 1. The molecule has 4 aliphatic heterocycles. The van der Waals surface area contributed by atoms with Gasteiger partial charge in [0.1, 0.15) is 28.9 Å². The topological polar surface area (TPSA) is 180 Å². The maximum absolute atomic E-state index is 15.5. The number of carbonyl (C=O) groups is 4. The maximum Gasteiger partial charge on any atom is 0.262 e. The van der Waals surface area contributed by atoms with Gasteiger partial charge in [0.15, 0.2) is 11.6 Å². The van der Waals surface area contributed by atoms with Crippen molar-refractivity contribution in [3.8, 4) is 11.3 Å². The molecule has 4 amide bonds. The number of sulfonamides is 1. The lowest BCUT2D eigenvalue weighted by atomic mass is 9.77. The van der Waals surface area contributed by atoms with Gasteiger partial charge in [0, 0.05) is 43.7 Å². The van der Waals surface area contributed by atoms with Crippen molar-refractivity contribution in [1.82, 2.24) is 38.9 Å². The van der Waals surface area contributed by atoms with Crippen LogP contribution < -0.4 is 10.6 Å². The summed E-state index contributed by atoms with van der Waals surface area (Å²) in [6, 6.07) is 4.24. The van der Waals surface area contributed by atoms with Crippen LogP contribution in [0.3, 0.4) is 0 Å². The SMILES string of the molecule is Cc1nc2c(F)cc(-c3nc(NC4CCN(S(=O)(=O)C5CCN(CC6CCC(c7cc8c(cc7F)C(=O)N(C7CCC(=O)NC7=O)C8=O)CC6)CC5)CC4)ncc3F)cc2n1C(C)C. The fraction of sp³-hybridized carbons (Fsp3) is 0.533. The number of rotatable bonds is 10. The van der Waals surface area contributed by atoms with E-state index >= 15 is 13.2 Å². The molecule has 4 fully saturated rings. The van der Waals surface area contributed by atoms with Crippen LogP contribution in [0.25, 0.3) is 22.3 Å². The van der Waals surface area contributed by atoms with E-state index < -0.39 is 62.4 Å². The largest absolute Gasteiger partial charge is 0.351 e. The number of hydrogen-bond donors (Lipinski definition) is 2. The zero-order valence-corrected chi connectivity index (χ0v) is 36.9. The lowest BCUT2D eigenvalue weighted by Crippen LogP contribution is -2.54. The Morgan fingerprint density at radius 3 is 2.17 bits per heavy atom. The Balaban J connectivity index is 0.747. The number of aryl methyl sites for hydroxylation is 1. The highest BCUT2D eigenvalue weighted by Gasteiger charge is 2.46. The molecule has 6 heterocycles. The van der Waals surface area contributed by atoms with Crippen molar-refractivity contribution in [3.05, 3.63) is 70.4 Å². The molecule has 64 heavy (non-hydrogen) atoms. The van der Waals surface area contributed by atoms with Crippen molar-refractivity contribution in [2.75, 3.05) is 38.0 Å². The molecule has 340 valence electrons. The van der Waals surface area contributed by atoms with E-state index in [-0.39, 0.29) is 64.7 Å². The van der Waals surface area contributed by atoms with E-state index in [2.05, 4.69) is 30.5 Å². The molecule has 1 saturated carbocycles. The molecular weight excluding hydrogens is 852 g/mol. The molecule has 1 unspecified atom stereocenters. The molecule has 5 aliphatic rings. The number of nitrogens with one attached hydrogen (secondary N) is 2. The first kappa shape index (κ1) is 44.0. The molecule has 2 aromatic heterocycles. The van der Waals surface area contributed by atoms with Gasteiger partial charge < -0.3 is 14.8 Å². The summed E-state index contributed by atoms with van der Waals surface area (Å²) in [4.78, 5) is 66.7. The Hall–Kier alpha value is -5.27. The molecule has 1 atom stereocenters. The molecule has 4 aromatic rings. The predicted octanol–water partition coefficient (Wildman–Crippen LogP) is 5.85. The maximum atomic E-state index is 15.5. The monoisotopic (exact) mass is 903 g/mol. The van der Waals surface area contributed by atoms with Crippen LogP contribution in [-0.4, -0.2) is 116 Å². The molecule has 2 N–H and O–H groups in total. The van der Waals surface area contributed by atoms with E-state index in [1.165, 1.54) is 12.1 Å². The number of halogens is 3. The summed E-state index contributed by atoms with van der Waals surface area (Å²) >= 11 is 0. The van der Waals surface area contributed by atoms with Crippen molar-refractivity contribution in [3.63, 3.8) is 0 Å². The quantitative estimate of drug-likeness (QED) is 0.183. The first-order valence-electron chi connectivity index (χ1n) is 22.3. The zero-order valence-electron chi connectivity index (χ0n) is 36.1. The third kappa shape index (κ3) is 8.18. The van der Waals surface area contributed by atoms with Crippen LogP contribution in [0, 0.1) is 30.3 Å². The lowest BCUT2D eigenvalue weighted by molar-refractivity contribution is -0.136. The third-order valence-corrected chi connectivity index (χ3v) is 16.3. The number of carbonyl (C=O) groups excluding carboxylic acids is 4. The van der Waals surface area contributed by atoms with E-state index in [1.807, 2.05) is 18.4 Å². The second-order valence-corrected chi connectivity index (χ2v) is 20.5. The third-order valence-electron chi connectivity index (χ3n) is 13.9. The van der Waals surface area contributed by atoms with Crippen molar-refractivity contribution >= 4 is 50.6 Å². The number of imide groups is 2. The summed E-state index contributed by atoms with van der Waals surface area (Å²) in [5, 5.41) is 4.94. The average Bonchev–Trinajstić information content (AvgIpc) is 3.73. The fourth-order valence-electron chi connectivity index (χ4n) is 10.6. The summed E-state index contributed by atoms with van der Waals surface area (Å²) in [5.74, 6) is -3.34. The summed E-state index contributed by atoms with van der Waals surface area (Å²) < 4.78 is 77.0. The van der Waals surface area contributed by atoms with Gasteiger partial charge in [-0.25, -0.2) is 40.8 Å². The van der Waals surface area contributed by atoms with Crippen molar-refractivity contribution in [2.45, 2.75) is 114 Å². The van der Waals surface area contributed by atoms with E-state index in [9.17, 15) is 27.6 Å². The molecular formula is C45H52F3N9O6S. The van der Waals surface area contributed by atoms with Gasteiger partial charge in [-0.2, -0.15) is 0 Å². The van der Waals surface area contributed by atoms with Gasteiger partial charge in [0.05, 0.1) is 28.1 Å². The molecule has 19 heteroatoms. The normalized spacial score (nSPS) is 23.4. The van der Waals surface area contributed by atoms with Gasteiger partial charge in [-0.15, -0.1) is 0 Å². The van der Waals surface area contributed by atoms with E-state index in [0.717, 1.165) is 36.5 Å². The standard InChI is InChI=1S/C45H52F3N9O6S/c1-24(2)56-25(3)50-41-35(47)18-28(19-38(41)56)40-36(48)22-49-45(53-40)51-29-10-16-55(17-11-29)64(62,63)30-12-14-54(15-13-30)23-26-4-6-27(7-5-26)31-20-32-33(21-34(31)46)44(61)57(43(32)60)37-8-9-39(58)52-42(37)59/h18-22,24,26-27,29-30,37H,4-17,23H2,1-3H3,(H,49,51,53)(H,52,58,59). The number of benzene rings is 2. The highest BCUT2D eigenvalue weighted by Crippen LogP contribution is 2.40. The Bertz CT molecular complexity index is 2650. The highest BCUT2D eigenvalue weighted by molar-refractivity contribution is 7.89. The average molecular weight is 904 g/mol. The first-order chi connectivity index (χ1) is 30.6. The summed E-state index contributed by atoms with van der Waals surface area (Å²) in [5.41, 5.74) is 1.38. The van der Waals surface area contributed by atoms with Crippen molar-refractivity contribution in [2.24, 2.45) is 5.92 Å². The number of nitrogens with zero attached hydrogens (tertiary/aromatic N) is 7. The van der Waals surface area contributed by atoms with E-state index in [4.69, 9.17) is 0 Å². The van der Waals surface area contributed by atoms with Crippen LogP contribution >= 0.6 is 0 Å². The van der Waals surface area contributed by atoms with Gasteiger partial charge in [0.25, 0.3) is 11.8 Å². The Labute approximate surface area is 369 Å². The van der Waals surface area contributed by atoms with Crippen LogP contribution in [-0.2, 0) is 19.6 Å². The Kier molecular flexibility index (Phi) is 11.9. The second-order valence-electron chi connectivity index (χ2n) is 18.3. The van der Waals surface area contributed by atoms with Gasteiger partial charge in [0.2, 0.25) is 27.8 Å². The zero-order chi connectivity index (χ0) is 45.2. The molecule has 2 aromatic carbocycles. The number of likely N-dealkylation sites (tertiary alicyclic amines) is 1. The Morgan fingerprint density at radius 1 is 0.812 bits per heavy atom. The van der Waals surface area contributed by atoms with Crippen LogP contribution in [0.4, 0.5) is 19.1 Å². The predicted molar refractivity (Wildman–Crippen MR) is 230 cm³/mol. The molecule has 3 saturated heterocycles. The number of fused-ring (bicyclic) bond motifs is 2. The molecule has 1 aliphatic carbocycles. The van der Waals surface area contributed by atoms with E-state index in [0.29, 0.717) is 87.5 Å². The number of aromatic nitrogens is 4. The summed E-state index contributed by atoms with van der Waals surface area (Å²) in [6.07, 6.45) is 6.21. The molecule has 0 spiro atoms. The highest BCUT2D eigenvalue weighted by atomic mass is 32.2. The number of amides is 4. The van der Waals surface area contributed by atoms with Crippen LogP contribution in [0.5, 0.6) is 0 Å². The molecule has 0 bridgehead atoms. The minimum Gasteiger partial charge on any atom is -0.351 e. The van der Waals surface area contributed by atoms with Crippen LogP contribution in [0.15, 0.2) is 30.5 Å². The van der Waals surface area contributed by atoms with Crippen LogP contribution in [0.1, 0.15) is 122 Å². The van der Waals surface area contributed by atoms with Crippen molar-refractivity contribution in [1.29, 1.82) is 0 Å². The lowest BCUT2D eigenvalue weighted by Gasteiger charge is -2.39. The number of piperidine rings is 3. The summed E-state index contributed by atoms with van der Waals surface area (Å²) in [7, 11) is -3.55. The van der Waals surface area contributed by atoms with Crippen LogP contribution in [0.2, 0.25) is 0 Å². The minimum atomic E-state index is -3.55. The second kappa shape index (κ2) is 17.3. The van der Waals surface area contributed by atoms with E-state index in [1.54, 1.807) is 17.3 Å². The molecule has 15 nitrogen and oxygen atoms in total. The molecule has 0 radical (unpaired) electrons. The van der Waals surface area contributed by atoms with Crippen molar-refractivity contribution < 1.29 is 40.8 Å². The minimum absolute atomic E-state index is 0.00111. The number of hydrogen-bond acceptors (Lipinski definition) is 11. The van der Waals surface area contributed by atoms with Gasteiger partial charge in [-0.1, -0.05) is 0 Å².